The number of nitrogens with zero attached hydrogens (tertiary/aromatic N) is 1. The van der Waals surface area contributed by atoms with Crippen LogP contribution in [0.15, 0.2) is 23.4 Å². The number of likely N-dealkylation sites (tertiary alicyclic amines) is 1. The number of ketones is 1. The van der Waals surface area contributed by atoms with Gasteiger partial charge in [0, 0.05) is 12.2 Å². The molecule has 0 spiro atoms. The number of Topliss-reactive ketones (excluding diaryl/α,β-unsaturated/α-hetero) is 1. The van der Waals surface area contributed by atoms with Crippen LogP contribution in [0.3, 0.4) is 0 Å². The third-order valence-electron chi connectivity index (χ3n) is 3.61. The van der Waals surface area contributed by atoms with Gasteiger partial charge < -0.3 is 10.1 Å². The molecule has 0 aromatic heterocycles. The summed E-state index contributed by atoms with van der Waals surface area (Å²) in [6, 6.07) is 0. The number of rotatable bonds is 3. The van der Waals surface area contributed by atoms with Crippen molar-refractivity contribution in [3.05, 3.63) is 23.4 Å². The molecule has 5 heteroatoms. The van der Waals surface area contributed by atoms with Gasteiger partial charge >= 0.3 is 6.09 Å². The number of allylic oxidation sites excluding steroid dienone is 3. The highest BCUT2D eigenvalue weighted by molar-refractivity contribution is 6.30. The van der Waals surface area contributed by atoms with Crippen molar-refractivity contribution < 1.29 is 14.3 Å². The maximum Gasteiger partial charge on any atom is 0.414 e. The van der Waals surface area contributed by atoms with Gasteiger partial charge in [-0.1, -0.05) is 19.1 Å². The van der Waals surface area contributed by atoms with Crippen LogP contribution in [0.5, 0.6) is 0 Å². The molecule has 1 aliphatic heterocycles. The van der Waals surface area contributed by atoms with Gasteiger partial charge in [-0.25, -0.2) is 4.79 Å². The summed E-state index contributed by atoms with van der Waals surface area (Å²) in [4.78, 5) is 26.2. The van der Waals surface area contributed by atoms with Gasteiger partial charge in [0.05, 0.1) is 11.6 Å². The van der Waals surface area contributed by atoms with Crippen molar-refractivity contribution in [3.8, 4) is 0 Å². The van der Waals surface area contributed by atoms with Crippen LogP contribution in [-0.4, -0.2) is 35.1 Å². The molecule has 1 atom stereocenters. The lowest BCUT2D eigenvalue weighted by atomic mass is 9.80. The van der Waals surface area contributed by atoms with Gasteiger partial charge in [-0.3, -0.25) is 9.69 Å². The predicted octanol–water partition coefficient (Wildman–Crippen LogP) is 3.70. The fraction of sp³-hybridized carbons (Fsp3) is 0.588. The van der Waals surface area contributed by atoms with E-state index in [2.05, 4.69) is 0 Å². The van der Waals surface area contributed by atoms with Gasteiger partial charge in [0.25, 0.3) is 0 Å². The van der Waals surface area contributed by atoms with Crippen LogP contribution >= 0.6 is 0 Å². The minimum absolute atomic E-state index is 0.196. The fourth-order valence-corrected chi connectivity index (χ4v) is 2.64. The lowest BCUT2D eigenvalue weighted by Gasteiger charge is -2.25. The average Bonchev–Trinajstić information content (AvgIpc) is 2.70. The second-order valence-electron chi connectivity index (χ2n) is 6.61. The van der Waals surface area contributed by atoms with E-state index in [9.17, 15) is 9.59 Å². The molecule has 1 rings (SSSR count). The number of carbonyl (C=O) groups is 2. The molecular weight excluding hydrogens is 280 g/mol. The Morgan fingerprint density at radius 2 is 2.00 bits per heavy atom. The van der Waals surface area contributed by atoms with E-state index in [1.165, 1.54) is 4.90 Å². The Hall–Kier alpha value is -1.91. The Morgan fingerprint density at radius 3 is 2.41 bits per heavy atom. The summed E-state index contributed by atoms with van der Waals surface area (Å²) in [5.41, 5.74) is -0.0191. The number of ether oxygens (including phenoxy) is 1. The van der Waals surface area contributed by atoms with E-state index in [-0.39, 0.29) is 12.3 Å². The van der Waals surface area contributed by atoms with Gasteiger partial charge in [-0.15, -0.1) is 0 Å². The molecule has 22 heavy (non-hydrogen) atoms. The van der Waals surface area contributed by atoms with Crippen molar-refractivity contribution in [2.75, 3.05) is 6.54 Å². The third-order valence-corrected chi connectivity index (χ3v) is 3.61. The van der Waals surface area contributed by atoms with Gasteiger partial charge in [0.2, 0.25) is 0 Å². The van der Waals surface area contributed by atoms with Crippen LogP contribution in [0, 0.1) is 10.8 Å². The second-order valence-corrected chi connectivity index (χ2v) is 6.61. The minimum atomic E-state index is -0.894. The van der Waals surface area contributed by atoms with Crippen LogP contribution in [0.4, 0.5) is 4.79 Å². The molecule has 0 aromatic carbocycles. The van der Waals surface area contributed by atoms with Gasteiger partial charge in [-0.2, -0.15) is 0 Å². The van der Waals surface area contributed by atoms with Crippen LogP contribution < -0.4 is 0 Å². The Kier molecular flexibility index (Phi) is 5.33. The normalized spacial score (nSPS) is 25.6. The van der Waals surface area contributed by atoms with Crippen molar-refractivity contribution in [2.24, 2.45) is 5.41 Å². The highest BCUT2D eigenvalue weighted by Crippen LogP contribution is 2.43. The largest absolute Gasteiger partial charge is 0.443 e. The van der Waals surface area contributed by atoms with E-state index in [0.29, 0.717) is 5.70 Å². The quantitative estimate of drug-likeness (QED) is 0.808. The number of hydrogen-bond acceptors (Lipinski definition) is 4. The molecule has 1 saturated heterocycles. The number of hydrogen-bond donors (Lipinski definition) is 1. The van der Waals surface area contributed by atoms with Crippen LogP contribution in [-0.2, 0) is 9.53 Å². The van der Waals surface area contributed by atoms with Crippen molar-refractivity contribution in [2.45, 2.75) is 53.6 Å². The maximum atomic E-state index is 12.5. The van der Waals surface area contributed by atoms with Crippen molar-refractivity contribution >= 4 is 18.1 Å². The first-order chi connectivity index (χ1) is 10.1. The summed E-state index contributed by atoms with van der Waals surface area (Å²) >= 11 is 0. The maximum absolute atomic E-state index is 12.5. The summed E-state index contributed by atoms with van der Waals surface area (Å²) in [6.07, 6.45) is 4.86. The highest BCUT2D eigenvalue weighted by Gasteiger charge is 2.48. The summed E-state index contributed by atoms with van der Waals surface area (Å²) in [7, 11) is 0. The van der Waals surface area contributed by atoms with Gasteiger partial charge in [0.15, 0.2) is 5.78 Å². The SMILES string of the molecule is CC=C1/C(=C\CC)N(C(=O)OC(C)(C)C)CC1(C)C(=O)C=N. The Balaban J connectivity index is 3.30. The topological polar surface area (TPSA) is 70.5 Å². The molecule has 1 aliphatic rings. The van der Waals surface area contributed by atoms with Crippen molar-refractivity contribution in [1.29, 1.82) is 5.41 Å². The van der Waals surface area contributed by atoms with E-state index in [1.54, 1.807) is 6.92 Å². The highest BCUT2D eigenvalue weighted by atomic mass is 16.6. The van der Waals surface area contributed by atoms with E-state index < -0.39 is 17.1 Å². The summed E-state index contributed by atoms with van der Waals surface area (Å²) < 4.78 is 5.45. The summed E-state index contributed by atoms with van der Waals surface area (Å²) in [5.74, 6) is -0.311. The first-order valence-corrected chi connectivity index (χ1v) is 7.53. The third kappa shape index (κ3) is 3.46. The van der Waals surface area contributed by atoms with Gasteiger partial charge in [0.1, 0.15) is 5.60 Å². The van der Waals surface area contributed by atoms with E-state index in [0.717, 1.165) is 18.2 Å². The molecule has 0 bridgehead atoms. The molecule has 1 unspecified atom stereocenters. The smallest absolute Gasteiger partial charge is 0.414 e. The Labute approximate surface area is 132 Å². The molecular formula is C17H26N2O3. The first kappa shape index (κ1) is 18.1. The molecule has 1 heterocycles. The average molecular weight is 306 g/mol. The summed E-state index contributed by atoms with van der Waals surface area (Å²) in [6.45, 7) is 11.2. The molecule has 0 aromatic rings. The van der Waals surface area contributed by atoms with Crippen LogP contribution in [0.1, 0.15) is 48.0 Å². The fourth-order valence-electron chi connectivity index (χ4n) is 2.64. The molecule has 0 saturated carbocycles. The molecule has 1 N–H and O–H groups in total. The van der Waals surface area contributed by atoms with E-state index >= 15 is 0 Å². The lowest BCUT2D eigenvalue weighted by molar-refractivity contribution is -0.118. The second kappa shape index (κ2) is 6.46. The zero-order valence-corrected chi connectivity index (χ0v) is 14.3. The predicted molar refractivity (Wildman–Crippen MR) is 87.0 cm³/mol. The Morgan fingerprint density at radius 1 is 1.41 bits per heavy atom. The minimum Gasteiger partial charge on any atom is -0.443 e. The van der Waals surface area contributed by atoms with Crippen molar-refractivity contribution in [3.63, 3.8) is 0 Å². The molecule has 5 nitrogen and oxygen atoms in total. The first-order valence-electron chi connectivity index (χ1n) is 7.53. The lowest BCUT2D eigenvalue weighted by Crippen LogP contribution is -2.38. The molecule has 1 amide bonds. The van der Waals surface area contributed by atoms with Crippen molar-refractivity contribution in [1.82, 2.24) is 4.90 Å². The molecule has 0 aliphatic carbocycles. The molecule has 122 valence electrons. The monoisotopic (exact) mass is 306 g/mol. The standard InChI is InChI=1S/C17H26N2O3/c1-7-9-13-12(8-2)17(6,14(20)10-18)11-19(13)15(21)22-16(3,4)5/h8-10,18H,7,11H2,1-6H3/b12-8?,13-9+,18-10?. The van der Waals surface area contributed by atoms with Gasteiger partial charge in [-0.05, 0) is 46.6 Å². The molecule has 1 fully saturated rings. The van der Waals surface area contributed by atoms with E-state index in [1.807, 2.05) is 46.8 Å². The number of carbonyl (C=O) groups excluding carboxylic acids is 2. The molecule has 0 radical (unpaired) electrons. The summed E-state index contributed by atoms with van der Waals surface area (Å²) in [5, 5.41) is 7.29. The van der Waals surface area contributed by atoms with E-state index in [4.69, 9.17) is 10.1 Å². The van der Waals surface area contributed by atoms with Crippen LogP contribution in [0.2, 0.25) is 0 Å². The number of nitrogens with one attached hydrogen (secondary N) is 1. The zero-order valence-electron chi connectivity index (χ0n) is 14.3. The zero-order chi connectivity index (χ0) is 17.1. The number of amides is 1. The van der Waals surface area contributed by atoms with Crippen LogP contribution in [0.25, 0.3) is 0 Å². The Bertz CT molecular complexity index is 541.